The highest BCUT2D eigenvalue weighted by atomic mass is 32.2. The maximum absolute atomic E-state index is 12.4. The number of ether oxygens (including phenoxy) is 2. The fourth-order valence-electron chi connectivity index (χ4n) is 3.21. The fraction of sp³-hybridized carbons (Fsp3) is 0.350. The van der Waals surface area contributed by atoms with Crippen LogP contribution in [-0.4, -0.2) is 47.3 Å². The summed E-state index contributed by atoms with van der Waals surface area (Å²) in [6.07, 6.45) is 3.68. The molecule has 0 unspecified atom stereocenters. The maximum Gasteiger partial charge on any atom is 0.222 e. The van der Waals surface area contributed by atoms with Crippen LogP contribution >= 0.6 is 0 Å². The van der Waals surface area contributed by atoms with Crippen molar-refractivity contribution >= 4 is 32.5 Å². The number of carbonyl (C=O) groups excluding carboxylic acids is 1. The average molecular weight is 434 g/mol. The number of hydrogen-bond acceptors (Lipinski definition) is 7. The van der Waals surface area contributed by atoms with E-state index in [9.17, 15) is 13.2 Å². The molecule has 4 heterocycles. The van der Waals surface area contributed by atoms with Gasteiger partial charge in [-0.1, -0.05) is 0 Å². The smallest absolute Gasteiger partial charge is 0.222 e. The highest BCUT2D eigenvalue weighted by Crippen LogP contribution is 2.45. The van der Waals surface area contributed by atoms with E-state index in [4.69, 9.17) is 13.6 Å². The molecule has 9 nitrogen and oxygen atoms in total. The third-order valence-corrected chi connectivity index (χ3v) is 5.46. The number of nitrogens with one attached hydrogen (secondary N) is 1. The molecule has 0 aromatic carbocycles. The molecule has 4 rings (SSSR count). The molecule has 1 amide bonds. The van der Waals surface area contributed by atoms with Gasteiger partial charge < -0.3 is 19.4 Å². The minimum absolute atomic E-state index is 0.108. The molecule has 3 aromatic heterocycles. The highest BCUT2D eigenvalue weighted by Gasteiger charge is 2.33. The van der Waals surface area contributed by atoms with Crippen molar-refractivity contribution in [3.05, 3.63) is 24.5 Å². The van der Waals surface area contributed by atoms with E-state index in [1.165, 1.54) is 31.5 Å². The molecule has 0 aliphatic carbocycles. The molecule has 3 aromatic rings. The van der Waals surface area contributed by atoms with Crippen LogP contribution < -0.4 is 14.8 Å². The third kappa shape index (κ3) is 3.58. The summed E-state index contributed by atoms with van der Waals surface area (Å²) in [5, 5.41) is 2.70. The summed E-state index contributed by atoms with van der Waals surface area (Å²) >= 11 is 0. The van der Waals surface area contributed by atoms with Gasteiger partial charge in [0.15, 0.2) is 26.4 Å². The molecule has 0 atom stereocenters. The second-order valence-corrected chi connectivity index (χ2v) is 9.70. The summed E-state index contributed by atoms with van der Waals surface area (Å²) in [5.74, 6) is 0.227. The highest BCUT2D eigenvalue weighted by molar-refractivity contribution is 7.90. The standard InChI is InChI=1S/C20H22N4O5S/c1-11(25)22-16-6-12-13(9-24(4)14(12)8-21-16)18-19-15(29-20(2,3)10-28-19)7-17(23-18)30(5,26)27/h6-9H,10H2,1-5H3,(H,21,22,25)/i4D3. The number of anilines is 1. The summed E-state index contributed by atoms with van der Waals surface area (Å²) in [7, 11) is -3.74. The van der Waals surface area contributed by atoms with Crippen LogP contribution in [0.15, 0.2) is 29.6 Å². The quantitative estimate of drug-likeness (QED) is 0.675. The Kier molecular flexibility index (Phi) is 3.71. The molecule has 0 saturated carbocycles. The van der Waals surface area contributed by atoms with Crippen LogP contribution in [0.4, 0.5) is 5.82 Å². The third-order valence-electron chi connectivity index (χ3n) is 4.50. The number of pyridine rings is 2. The molecule has 0 saturated heterocycles. The van der Waals surface area contributed by atoms with Crippen molar-refractivity contribution in [1.82, 2.24) is 14.5 Å². The van der Waals surface area contributed by atoms with Gasteiger partial charge in [-0.15, -0.1) is 0 Å². The first kappa shape index (κ1) is 16.6. The van der Waals surface area contributed by atoms with Crippen LogP contribution in [0, 0.1) is 0 Å². The summed E-state index contributed by atoms with van der Waals surface area (Å²) in [6.45, 7) is 2.52. The van der Waals surface area contributed by atoms with Gasteiger partial charge >= 0.3 is 0 Å². The molecule has 30 heavy (non-hydrogen) atoms. The Bertz CT molecular complexity index is 1400. The first-order valence-corrected chi connectivity index (χ1v) is 10.9. The van der Waals surface area contributed by atoms with Gasteiger partial charge in [0, 0.05) is 47.5 Å². The Morgan fingerprint density at radius 3 is 2.80 bits per heavy atom. The number of amides is 1. The summed E-state index contributed by atoms with van der Waals surface area (Å²) in [5.41, 5.74) is -0.0664. The lowest BCUT2D eigenvalue weighted by Gasteiger charge is -2.33. The minimum atomic E-state index is -3.74. The van der Waals surface area contributed by atoms with Crippen molar-refractivity contribution in [3.63, 3.8) is 0 Å². The molecule has 1 N–H and O–H groups in total. The topological polar surface area (TPSA) is 112 Å². The predicted octanol–water partition coefficient (Wildman–Crippen LogP) is 2.55. The minimum Gasteiger partial charge on any atom is -0.483 e. The molecule has 0 bridgehead atoms. The van der Waals surface area contributed by atoms with Gasteiger partial charge in [0.25, 0.3) is 0 Å². The molecule has 0 fully saturated rings. The van der Waals surface area contributed by atoms with E-state index in [2.05, 4.69) is 15.3 Å². The molecular formula is C20H22N4O5S. The Balaban J connectivity index is 2.06. The van der Waals surface area contributed by atoms with Gasteiger partial charge in [-0.05, 0) is 19.9 Å². The number of fused-ring (bicyclic) bond motifs is 2. The van der Waals surface area contributed by atoms with Crippen LogP contribution in [-0.2, 0) is 21.6 Å². The van der Waals surface area contributed by atoms with E-state index in [1.54, 1.807) is 13.8 Å². The number of rotatable bonds is 3. The zero-order valence-electron chi connectivity index (χ0n) is 19.8. The Morgan fingerprint density at radius 1 is 1.37 bits per heavy atom. The number of hydrogen-bond donors (Lipinski definition) is 1. The largest absolute Gasteiger partial charge is 0.483 e. The predicted molar refractivity (Wildman–Crippen MR) is 112 cm³/mol. The van der Waals surface area contributed by atoms with E-state index < -0.39 is 22.4 Å². The fourth-order valence-corrected chi connectivity index (χ4v) is 3.79. The van der Waals surface area contributed by atoms with Crippen molar-refractivity contribution in [2.45, 2.75) is 31.4 Å². The molecule has 0 radical (unpaired) electrons. The molecular weight excluding hydrogens is 408 g/mol. The Morgan fingerprint density at radius 2 is 2.13 bits per heavy atom. The van der Waals surface area contributed by atoms with E-state index in [1.807, 2.05) is 0 Å². The first-order chi connectivity index (χ1) is 15.2. The summed E-state index contributed by atoms with van der Waals surface area (Å²) in [4.78, 5) is 19.9. The number of carbonyl (C=O) groups is 1. The van der Waals surface area contributed by atoms with E-state index in [0.717, 1.165) is 10.8 Å². The van der Waals surface area contributed by atoms with Crippen molar-refractivity contribution in [2.24, 2.45) is 6.98 Å². The zero-order chi connectivity index (χ0) is 24.3. The van der Waals surface area contributed by atoms with E-state index in [-0.39, 0.29) is 46.1 Å². The SMILES string of the molecule is [2H]C([2H])([2H])n1cc(-c2nc(S(C)(=O)=O)cc3c2OCC(C)(C)O3)c2cc(NC(C)=O)ncc21. The van der Waals surface area contributed by atoms with Gasteiger partial charge in [0.2, 0.25) is 5.91 Å². The van der Waals surface area contributed by atoms with Gasteiger partial charge in [0.1, 0.15) is 23.7 Å². The zero-order valence-corrected chi connectivity index (χ0v) is 17.6. The second kappa shape index (κ2) is 6.69. The monoisotopic (exact) mass is 433 g/mol. The van der Waals surface area contributed by atoms with Gasteiger partial charge in [0.05, 0.1) is 11.7 Å². The second-order valence-electron chi connectivity index (χ2n) is 7.74. The normalized spacial score (nSPS) is 17.1. The maximum atomic E-state index is 12.4. The summed E-state index contributed by atoms with van der Waals surface area (Å²) < 4.78 is 61.3. The van der Waals surface area contributed by atoms with Gasteiger partial charge in [-0.2, -0.15) is 0 Å². The van der Waals surface area contributed by atoms with Crippen LogP contribution in [0.3, 0.4) is 0 Å². The lowest BCUT2D eigenvalue weighted by Crippen LogP contribution is -2.39. The Hall–Kier alpha value is -3.14. The van der Waals surface area contributed by atoms with Crippen molar-refractivity contribution < 1.29 is 26.8 Å². The molecule has 10 heteroatoms. The number of aryl methyl sites for hydroxylation is 1. The number of nitrogens with zero attached hydrogens (tertiary/aromatic N) is 3. The molecule has 0 spiro atoms. The van der Waals surface area contributed by atoms with E-state index in [0.29, 0.717) is 10.9 Å². The van der Waals surface area contributed by atoms with Gasteiger partial charge in [-0.25, -0.2) is 18.4 Å². The number of aromatic nitrogens is 3. The summed E-state index contributed by atoms with van der Waals surface area (Å²) in [6, 6.07) is 2.80. The molecule has 158 valence electrons. The van der Waals surface area contributed by atoms with Crippen LogP contribution in [0.5, 0.6) is 11.5 Å². The van der Waals surface area contributed by atoms with Gasteiger partial charge in [-0.3, -0.25) is 4.79 Å². The van der Waals surface area contributed by atoms with Crippen molar-refractivity contribution in [2.75, 3.05) is 18.2 Å². The van der Waals surface area contributed by atoms with Crippen LogP contribution in [0.25, 0.3) is 22.2 Å². The molecule has 1 aliphatic heterocycles. The van der Waals surface area contributed by atoms with Crippen molar-refractivity contribution in [1.29, 1.82) is 0 Å². The lowest BCUT2D eigenvalue weighted by molar-refractivity contribution is -0.114. The first-order valence-electron chi connectivity index (χ1n) is 10.5. The van der Waals surface area contributed by atoms with Crippen LogP contribution in [0.2, 0.25) is 0 Å². The average Bonchev–Trinajstić information content (AvgIpc) is 3.04. The molecule has 1 aliphatic rings. The number of sulfone groups is 1. The lowest BCUT2D eigenvalue weighted by atomic mass is 10.1. The van der Waals surface area contributed by atoms with Crippen LogP contribution in [0.1, 0.15) is 24.9 Å². The Labute approximate surface area is 178 Å². The van der Waals surface area contributed by atoms with Crippen molar-refractivity contribution in [3.8, 4) is 22.8 Å². The van der Waals surface area contributed by atoms with E-state index >= 15 is 0 Å².